The van der Waals surface area contributed by atoms with E-state index >= 15 is 0 Å². The van der Waals surface area contributed by atoms with Gasteiger partial charge in [0, 0.05) is 16.6 Å². The number of benzene rings is 1. The summed E-state index contributed by atoms with van der Waals surface area (Å²) in [5.41, 5.74) is 3.72. The first-order valence-corrected chi connectivity index (χ1v) is 7.25. The maximum Gasteiger partial charge on any atom is 0.253 e. The van der Waals surface area contributed by atoms with E-state index in [1.807, 2.05) is 24.3 Å². The van der Waals surface area contributed by atoms with E-state index in [9.17, 15) is 4.79 Å². The smallest absolute Gasteiger partial charge is 0.253 e. The molecule has 0 saturated heterocycles. The number of fused-ring (bicyclic) bond motifs is 2. The number of aromatic nitrogens is 1. The largest absolute Gasteiger partial charge is 0.276 e. The van der Waals surface area contributed by atoms with Crippen molar-refractivity contribution in [3.63, 3.8) is 0 Å². The van der Waals surface area contributed by atoms with Gasteiger partial charge in [0.2, 0.25) is 0 Å². The van der Waals surface area contributed by atoms with Gasteiger partial charge in [0.1, 0.15) is 0 Å². The Morgan fingerprint density at radius 3 is 2.58 bits per heavy atom. The summed E-state index contributed by atoms with van der Waals surface area (Å²) < 4.78 is 0. The van der Waals surface area contributed by atoms with Crippen LogP contribution in [0, 0.1) is 0 Å². The van der Waals surface area contributed by atoms with E-state index in [0.717, 1.165) is 47.8 Å². The minimum Gasteiger partial charge on any atom is -0.276 e. The summed E-state index contributed by atoms with van der Waals surface area (Å²) in [7, 11) is 0. The summed E-state index contributed by atoms with van der Waals surface area (Å²) >= 11 is 5.85. The Bertz CT molecular complexity index is 636. The van der Waals surface area contributed by atoms with Gasteiger partial charge >= 0.3 is 0 Å². The number of nitrogens with zero attached hydrogens (tertiary/aromatic N) is 1. The Morgan fingerprint density at radius 2 is 1.79 bits per heavy atom. The molecule has 0 atom stereocenters. The van der Waals surface area contributed by atoms with E-state index < -0.39 is 0 Å². The molecule has 19 heavy (non-hydrogen) atoms. The molecule has 1 aliphatic carbocycles. The predicted octanol–water partition coefficient (Wildman–Crippen LogP) is 4.27. The van der Waals surface area contributed by atoms with Gasteiger partial charge in [0.15, 0.2) is 0 Å². The van der Waals surface area contributed by atoms with Crippen LogP contribution in [0.4, 0.5) is 0 Å². The van der Waals surface area contributed by atoms with Crippen molar-refractivity contribution in [1.29, 1.82) is 0 Å². The Hall–Kier alpha value is -1.41. The molecular formula is C16H16ClNO. The predicted molar refractivity (Wildman–Crippen MR) is 77.8 cm³/mol. The zero-order valence-electron chi connectivity index (χ0n) is 10.8. The number of carbonyl (C=O) groups is 1. The van der Waals surface area contributed by atoms with E-state index in [1.54, 1.807) is 0 Å². The van der Waals surface area contributed by atoms with Crippen LogP contribution in [0.2, 0.25) is 0 Å². The quantitative estimate of drug-likeness (QED) is 0.726. The van der Waals surface area contributed by atoms with Crippen LogP contribution in [0.15, 0.2) is 24.3 Å². The molecule has 3 heteroatoms. The molecule has 0 saturated carbocycles. The summed E-state index contributed by atoms with van der Waals surface area (Å²) in [6, 6.07) is 7.78. The molecular weight excluding hydrogens is 258 g/mol. The number of para-hydroxylation sites is 1. The van der Waals surface area contributed by atoms with E-state index in [2.05, 4.69) is 0 Å². The first-order chi connectivity index (χ1) is 9.27. The first kappa shape index (κ1) is 12.6. The highest BCUT2D eigenvalue weighted by Crippen LogP contribution is 2.29. The van der Waals surface area contributed by atoms with E-state index in [1.165, 1.54) is 12.8 Å². The maximum absolute atomic E-state index is 11.9. The average molecular weight is 274 g/mol. The summed E-state index contributed by atoms with van der Waals surface area (Å²) in [6.07, 6.45) is 6.61. The lowest BCUT2D eigenvalue weighted by Crippen LogP contribution is -2.09. The van der Waals surface area contributed by atoms with Crippen molar-refractivity contribution in [3.8, 4) is 0 Å². The van der Waals surface area contributed by atoms with Crippen LogP contribution in [0.1, 0.15) is 47.3 Å². The fraction of sp³-hybridized carbons (Fsp3) is 0.375. The summed E-state index contributed by atoms with van der Waals surface area (Å²) in [6.45, 7) is 0. The standard InChI is InChI=1S/C16H16ClNO/c17-16(19)15-11-7-3-1-2-4-9-13(11)18-14-10-6-5-8-12(14)15/h5-6,8,10H,1-4,7,9H2. The molecule has 3 rings (SSSR count). The van der Waals surface area contributed by atoms with Gasteiger partial charge < -0.3 is 0 Å². The van der Waals surface area contributed by atoms with Gasteiger partial charge in [-0.05, 0) is 48.9 Å². The van der Waals surface area contributed by atoms with Crippen molar-refractivity contribution in [2.75, 3.05) is 0 Å². The highest BCUT2D eigenvalue weighted by Gasteiger charge is 2.19. The number of pyridine rings is 1. The molecule has 2 aromatic rings. The minimum atomic E-state index is -0.351. The van der Waals surface area contributed by atoms with Crippen molar-refractivity contribution in [2.24, 2.45) is 0 Å². The third-order valence-electron chi connectivity index (χ3n) is 3.87. The lowest BCUT2D eigenvalue weighted by atomic mass is 9.92. The normalized spacial score (nSPS) is 15.6. The molecule has 2 nitrogen and oxygen atoms in total. The topological polar surface area (TPSA) is 30.0 Å². The van der Waals surface area contributed by atoms with E-state index in [0.29, 0.717) is 5.56 Å². The summed E-state index contributed by atoms with van der Waals surface area (Å²) in [5.74, 6) is 0. The van der Waals surface area contributed by atoms with Gasteiger partial charge in [-0.1, -0.05) is 31.0 Å². The van der Waals surface area contributed by atoms with Crippen molar-refractivity contribution in [2.45, 2.75) is 38.5 Å². The van der Waals surface area contributed by atoms with Crippen LogP contribution in [0.3, 0.4) is 0 Å². The Morgan fingerprint density at radius 1 is 1.05 bits per heavy atom. The highest BCUT2D eigenvalue weighted by atomic mass is 35.5. The third kappa shape index (κ3) is 2.37. The van der Waals surface area contributed by atoms with Crippen molar-refractivity contribution in [3.05, 3.63) is 41.1 Å². The monoisotopic (exact) mass is 273 g/mol. The lowest BCUT2D eigenvalue weighted by molar-refractivity contribution is 0.108. The Kier molecular flexibility index (Phi) is 3.52. The Labute approximate surface area is 117 Å². The molecule has 0 unspecified atom stereocenters. The SMILES string of the molecule is O=C(Cl)c1c2c(nc3ccccc13)CCCCCC2. The van der Waals surface area contributed by atoms with Crippen molar-refractivity contribution in [1.82, 2.24) is 4.98 Å². The van der Waals surface area contributed by atoms with Gasteiger partial charge in [-0.25, -0.2) is 0 Å². The zero-order chi connectivity index (χ0) is 13.2. The minimum absolute atomic E-state index is 0.351. The number of halogens is 1. The lowest BCUT2D eigenvalue weighted by Gasteiger charge is -2.17. The fourth-order valence-corrected chi connectivity index (χ4v) is 3.17. The molecule has 0 bridgehead atoms. The van der Waals surface area contributed by atoms with Crippen LogP contribution in [-0.4, -0.2) is 10.2 Å². The highest BCUT2D eigenvalue weighted by molar-refractivity contribution is 6.68. The fourth-order valence-electron chi connectivity index (χ4n) is 2.95. The summed E-state index contributed by atoms with van der Waals surface area (Å²) in [4.78, 5) is 16.6. The molecule has 0 spiro atoms. The molecule has 0 N–H and O–H groups in total. The van der Waals surface area contributed by atoms with Crippen LogP contribution < -0.4 is 0 Å². The molecule has 98 valence electrons. The number of hydrogen-bond donors (Lipinski definition) is 0. The maximum atomic E-state index is 11.9. The molecule has 1 aliphatic rings. The van der Waals surface area contributed by atoms with Gasteiger partial charge in [0.05, 0.1) is 5.52 Å². The second kappa shape index (κ2) is 5.30. The molecule has 0 radical (unpaired) electrons. The van der Waals surface area contributed by atoms with Gasteiger partial charge in [0.25, 0.3) is 5.24 Å². The number of hydrogen-bond acceptors (Lipinski definition) is 2. The van der Waals surface area contributed by atoms with E-state index in [4.69, 9.17) is 16.6 Å². The molecule has 0 aliphatic heterocycles. The zero-order valence-corrected chi connectivity index (χ0v) is 11.5. The first-order valence-electron chi connectivity index (χ1n) is 6.87. The molecule has 1 aromatic carbocycles. The number of aryl methyl sites for hydroxylation is 1. The van der Waals surface area contributed by atoms with Gasteiger partial charge in [-0.2, -0.15) is 0 Å². The average Bonchev–Trinajstić information content (AvgIpc) is 2.38. The van der Waals surface area contributed by atoms with Crippen LogP contribution in [-0.2, 0) is 12.8 Å². The third-order valence-corrected chi connectivity index (χ3v) is 4.05. The number of carbonyl (C=O) groups excluding carboxylic acids is 1. The van der Waals surface area contributed by atoms with Gasteiger partial charge in [-0.15, -0.1) is 0 Å². The second-order valence-corrected chi connectivity index (χ2v) is 5.46. The molecule has 1 heterocycles. The second-order valence-electron chi connectivity index (χ2n) is 5.12. The molecule has 0 amide bonds. The van der Waals surface area contributed by atoms with Crippen LogP contribution in [0.5, 0.6) is 0 Å². The molecule has 0 fully saturated rings. The van der Waals surface area contributed by atoms with Crippen LogP contribution in [0.25, 0.3) is 10.9 Å². The Balaban J connectivity index is 2.30. The molecule has 1 aromatic heterocycles. The summed E-state index contributed by atoms with van der Waals surface area (Å²) in [5, 5.41) is 0.539. The van der Waals surface area contributed by atoms with Gasteiger partial charge in [-0.3, -0.25) is 9.78 Å². The van der Waals surface area contributed by atoms with Crippen LogP contribution >= 0.6 is 11.6 Å². The van der Waals surface area contributed by atoms with Crippen molar-refractivity contribution < 1.29 is 4.79 Å². The number of rotatable bonds is 1. The van der Waals surface area contributed by atoms with Crippen molar-refractivity contribution >= 4 is 27.7 Å². The van der Waals surface area contributed by atoms with E-state index in [-0.39, 0.29) is 5.24 Å².